The van der Waals surface area contributed by atoms with Crippen molar-refractivity contribution in [2.75, 3.05) is 19.6 Å². The van der Waals surface area contributed by atoms with Crippen molar-refractivity contribution in [2.24, 2.45) is 0 Å². The summed E-state index contributed by atoms with van der Waals surface area (Å²) in [7, 11) is 1.50. The van der Waals surface area contributed by atoms with Crippen LogP contribution in [-0.4, -0.2) is 31.5 Å². The minimum absolute atomic E-state index is 0.0290. The molecule has 6 heteroatoms. The van der Waals surface area contributed by atoms with E-state index in [0.29, 0.717) is 4.47 Å². The summed E-state index contributed by atoms with van der Waals surface area (Å²) in [6.07, 6.45) is 0. The van der Waals surface area contributed by atoms with E-state index in [9.17, 15) is 9.18 Å². The maximum Gasteiger partial charge on any atom is 0.255 e. The topological polar surface area (TPSA) is 38.3 Å². The van der Waals surface area contributed by atoms with Crippen molar-refractivity contribution in [1.29, 1.82) is 0 Å². The lowest BCUT2D eigenvalue weighted by atomic mass is 10.2. The van der Waals surface area contributed by atoms with E-state index in [2.05, 4.69) is 21.2 Å². The maximum atomic E-state index is 13.5. The molecule has 1 N–H and O–H groups in total. The summed E-state index contributed by atoms with van der Waals surface area (Å²) < 4.78 is 18.8. The van der Waals surface area contributed by atoms with Crippen LogP contribution in [0.25, 0.3) is 0 Å². The fraction of sp³-hybridized carbons (Fsp3) is 0.364. The Morgan fingerprint density at radius 1 is 1.65 bits per heavy atom. The minimum Gasteiger partial charge on any atom is -0.383 e. The molecule has 1 aromatic rings. The predicted octanol–water partition coefficient (Wildman–Crippen LogP) is 2.57. The molecule has 1 atom stereocenters. The number of rotatable bonds is 5. The predicted molar refractivity (Wildman–Crippen MR) is 68.0 cm³/mol. The first-order chi connectivity index (χ1) is 8.10. The van der Waals surface area contributed by atoms with Gasteiger partial charge in [-0.05, 0) is 28.1 Å². The molecule has 0 aliphatic carbocycles. The van der Waals surface area contributed by atoms with E-state index in [1.807, 2.05) is 0 Å². The smallest absolute Gasteiger partial charge is 0.255 e. The van der Waals surface area contributed by atoms with Gasteiger partial charge < -0.3 is 10.1 Å². The molecule has 0 saturated carbocycles. The van der Waals surface area contributed by atoms with Gasteiger partial charge >= 0.3 is 0 Å². The van der Waals surface area contributed by atoms with E-state index in [4.69, 9.17) is 16.3 Å². The molecule has 94 valence electrons. The second-order valence-electron chi connectivity index (χ2n) is 3.38. The van der Waals surface area contributed by atoms with Crippen LogP contribution >= 0.6 is 27.5 Å². The summed E-state index contributed by atoms with van der Waals surface area (Å²) in [5.74, 6) is -0.897. The largest absolute Gasteiger partial charge is 0.383 e. The van der Waals surface area contributed by atoms with Crippen molar-refractivity contribution in [3.8, 4) is 0 Å². The lowest BCUT2D eigenvalue weighted by Gasteiger charge is -2.15. The number of halogens is 3. The number of carbonyl (C=O) groups excluding carboxylic acids is 1. The number of ether oxygens (including phenoxy) is 1. The molecular weight excluding hydrogens is 312 g/mol. The summed E-state index contributed by atoms with van der Waals surface area (Å²) in [6, 6.07) is 4.00. The molecule has 0 heterocycles. The van der Waals surface area contributed by atoms with Crippen molar-refractivity contribution in [3.05, 3.63) is 34.1 Å². The zero-order valence-corrected chi connectivity index (χ0v) is 11.5. The highest BCUT2D eigenvalue weighted by Gasteiger charge is 2.18. The number of benzene rings is 1. The van der Waals surface area contributed by atoms with Gasteiger partial charge in [0.05, 0.1) is 18.2 Å². The summed E-state index contributed by atoms with van der Waals surface area (Å²) in [4.78, 5) is 11.8. The first-order valence-corrected chi connectivity index (χ1v) is 6.22. The van der Waals surface area contributed by atoms with Gasteiger partial charge in [-0.1, -0.05) is 6.07 Å². The number of hydrogen-bond donors (Lipinski definition) is 1. The highest BCUT2D eigenvalue weighted by atomic mass is 79.9. The second-order valence-corrected chi connectivity index (χ2v) is 4.54. The third kappa shape index (κ3) is 3.94. The number of nitrogens with one attached hydrogen (secondary N) is 1. The van der Waals surface area contributed by atoms with E-state index in [1.54, 1.807) is 6.07 Å². The Kier molecular flexibility index (Phi) is 5.88. The van der Waals surface area contributed by atoms with Gasteiger partial charge in [0.25, 0.3) is 5.91 Å². The molecule has 3 nitrogen and oxygen atoms in total. The quantitative estimate of drug-likeness (QED) is 0.846. The first kappa shape index (κ1) is 14.4. The molecule has 1 aromatic carbocycles. The zero-order valence-electron chi connectivity index (χ0n) is 9.17. The van der Waals surface area contributed by atoms with E-state index in [0.717, 1.165) is 0 Å². The van der Waals surface area contributed by atoms with Gasteiger partial charge in [0.2, 0.25) is 0 Å². The summed E-state index contributed by atoms with van der Waals surface area (Å²) >= 11 is 8.79. The molecule has 0 saturated heterocycles. The van der Waals surface area contributed by atoms with Crippen LogP contribution in [-0.2, 0) is 4.74 Å². The Morgan fingerprint density at radius 3 is 2.88 bits per heavy atom. The van der Waals surface area contributed by atoms with Crippen LogP contribution in [0.5, 0.6) is 0 Å². The van der Waals surface area contributed by atoms with Crippen LogP contribution in [0.1, 0.15) is 10.4 Å². The van der Waals surface area contributed by atoms with Gasteiger partial charge in [0, 0.05) is 17.5 Å². The number of carbonyl (C=O) groups is 1. The standard InChI is InChI=1S/C11H12BrClFNO2/c1-17-6-7(5-13)15-11(16)10-8(12)3-2-4-9(10)14/h2-4,7H,5-6H2,1H3,(H,15,16). The number of hydrogen-bond acceptors (Lipinski definition) is 2. The molecular formula is C11H12BrClFNO2. The van der Waals surface area contributed by atoms with Crippen molar-refractivity contribution < 1.29 is 13.9 Å². The van der Waals surface area contributed by atoms with Gasteiger partial charge in [-0.15, -0.1) is 11.6 Å². The molecule has 0 aliphatic heterocycles. The van der Waals surface area contributed by atoms with E-state index >= 15 is 0 Å². The molecule has 1 rings (SSSR count). The van der Waals surface area contributed by atoms with Crippen LogP contribution in [0.15, 0.2) is 22.7 Å². The molecule has 1 amide bonds. The normalized spacial score (nSPS) is 12.2. The van der Waals surface area contributed by atoms with Crippen molar-refractivity contribution >= 4 is 33.4 Å². The molecule has 0 spiro atoms. The fourth-order valence-corrected chi connectivity index (χ4v) is 1.99. The molecule has 0 aliphatic rings. The fourth-order valence-electron chi connectivity index (χ4n) is 1.30. The van der Waals surface area contributed by atoms with E-state index in [1.165, 1.54) is 19.2 Å². The zero-order chi connectivity index (χ0) is 12.8. The SMILES string of the molecule is COCC(CCl)NC(=O)c1c(F)cccc1Br. The summed E-state index contributed by atoms with van der Waals surface area (Å²) in [5.41, 5.74) is -0.0290. The van der Waals surface area contributed by atoms with E-state index < -0.39 is 11.7 Å². The highest BCUT2D eigenvalue weighted by Crippen LogP contribution is 2.19. The Bertz CT molecular complexity index is 383. The number of amides is 1. The number of methoxy groups -OCH3 is 1. The molecule has 1 unspecified atom stereocenters. The van der Waals surface area contributed by atoms with Crippen LogP contribution in [0.2, 0.25) is 0 Å². The van der Waals surface area contributed by atoms with Gasteiger partial charge in [-0.3, -0.25) is 4.79 Å². The van der Waals surface area contributed by atoms with Gasteiger partial charge in [0.15, 0.2) is 0 Å². The highest BCUT2D eigenvalue weighted by molar-refractivity contribution is 9.10. The Labute approximate surface area is 112 Å². The average Bonchev–Trinajstić information content (AvgIpc) is 2.28. The molecule has 0 fully saturated rings. The van der Waals surface area contributed by atoms with Crippen LogP contribution in [0, 0.1) is 5.82 Å². The van der Waals surface area contributed by atoms with Crippen molar-refractivity contribution in [3.63, 3.8) is 0 Å². The van der Waals surface area contributed by atoms with Gasteiger partial charge in [0.1, 0.15) is 5.82 Å². The summed E-state index contributed by atoms with van der Waals surface area (Å²) in [5, 5.41) is 2.60. The average molecular weight is 325 g/mol. The van der Waals surface area contributed by atoms with Crippen LogP contribution in [0.3, 0.4) is 0 Å². The first-order valence-electron chi connectivity index (χ1n) is 4.90. The maximum absolute atomic E-state index is 13.5. The van der Waals surface area contributed by atoms with Crippen molar-refractivity contribution in [1.82, 2.24) is 5.32 Å². The summed E-state index contributed by atoms with van der Waals surface area (Å²) in [6.45, 7) is 0.279. The van der Waals surface area contributed by atoms with Crippen LogP contribution < -0.4 is 5.32 Å². The molecule has 0 aromatic heterocycles. The lowest BCUT2D eigenvalue weighted by molar-refractivity contribution is 0.0902. The third-order valence-electron chi connectivity index (χ3n) is 2.08. The molecule has 0 bridgehead atoms. The van der Waals surface area contributed by atoms with Crippen molar-refractivity contribution in [2.45, 2.75) is 6.04 Å². The monoisotopic (exact) mass is 323 g/mol. The molecule has 17 heavy (non-hydrogen) atoms. The Hall–Kier alpha value is -0.650. The Morgan fingerprint density at radius 2 is 2.35 bits per heavy atom. The van der Waals surface area contributed by atoms with Gasteiger partial charge in [-0.25, -0.2) is 4.39 Å². The Balaban J connectivity index is 2.82. The lowest BCUT2D eigenvalue weighted by Crippen LogP contribution is -2.39. The van der Waals surface area contributed by atoms with Gasteiger partial charge in [-0.2, -0.15) is 0 Å². The minimum atomic E-state index is -0.581. The number of alkyl halides is 1. The second kappa shape index (κ2) is 6.93. The molecule has 0 radical (unpaired) electrons. The van der Waals surface area contributed by atoms with Crippen LogP contribution in [0.4, 0.5) is 4.39 Å². The van der Waals surface area contributed by atoms with E-state index in [-0.39, 0.29) is 24.1 Å². The third-order valence-corrected chi connectivity index (χ3v) is 3.11.